The van der Waals surface area contributed by atoms with Gasteiger partial charge in [-0.1, -0.05) is 40.9 Å². The largest absolute Gasteiger partial charge is 0.453 e. The number of nitrogens with one attached hydrogen (secondary N) is 2. The first-order valence-corrected chi connectivity index (χ1v) is 9.71. The van der Waals surface area contributed by atoms with E-state index in [-0.39, 0.29) is 56.0 Å². The predicted octanol–water partition coefficient (Wildman–Crippen LogP) is 6.41. The summed E-state index contributed by atoms with van der Waals surface area (Å²) in [5, 5.41) is 25.4. The van der Waals surface area contributed by atoms with Gasteiger partial charge < -0.3 is 9.47 Å². The number of ether oxygens (including phenoxy) is 2. The van der Waals surface area contributed by atoms with E-state index in [1.54, 1.807) is 0 Å². The van der Waals surface area contributed by atoms with Crippen LogP contribution in [0.1, 0.15) is 16.7 Å². The van der Waals surface area contributed by atoms with Crippen molar-refractivity contribution in [2.24, 2.45) is 0 Å². The van der Waals surface area contributed by atoms with Crippen molar-refractivity contribution in [3.63, 3.8) is 0 Å². The predicted molar refractivity (Wildman–Crippen MR) is 116 cm³/mol. The average Bonchev–Trinajstić information content (AvgIpc) is 2.72. The molecule has 1 heterocycles. The molecule has 156 valence electrons. The fourth-order valence-electron chi connectivity index (χ4n) is 2.54. The van der Waals surface area contributed by atoms with E-state index in [0.717, 1.165) is 0 Å². The lowest BCUT2D eigenvalue weighted by Crippen LogP contribution is -2.15. The number of halogens is 4. The Labute approximate surface area is 191 Å². The maximum absolute atomic E-state index is 15.0. The summed E-state index contributed by atoms with van der Waals surface area (Å²) in [6, 6.07) is 11.9. The third-order valence-electron chi connectivity index (χ3n) is 3.91. The minimum absolute atomic E-state index is 0.00801. The van der Waals surface area contributed by atoms with Crippen LogP contribution < -0.4 is 4.74 Å². The van der Waals surface area contributed by atoms with Gasteiger partial charge in [-0.3, -0.25) is 10.8 Å². The molecule has 1 aromatic heterocycles. The molecule has 0 unspecified atom stereocenters. The van der Waals surface area contributed by atoms with E-state index in [1.165, 1.54) is 48.7 Å². The summed E-state index contributed by atoms with van der Waals surface area (Å²) in [4.78, 5) is 3.81. The summed E-state index contributed by atoms with van der Waals surface area (Å²) >= 11 is 17.8. The van der Waals surface area contributed by atoms with Gasteiger partial charge >= 0.3 is 0 Å². The monoisotopic (exact) mass is 476 g/mol. The van der Waals surface area contributed by atoms with Crippen LogP contribution in [0.25, 0.3) is 0 Å². The van der Waals surface area contributed by atoms with Crippen molar-refractivity contribution in [3.8, 4) is 17.6 Å². The molecule has 0 amide bonds. The first kappa shape index (κ1) is 22.5. The molecule has 31 heavy (non-hydrogen) atoms. The van der Waals surface area contributed by atoms with Crippen LogP contribution in [0.15, 0.2) is 48.7 Å². The Balaban J connectivity index is 1.79. The zero-order chi connectivity index (χ0) is 22.5. The quantitative estimate of drug-likeness (QED) is 0.252. The van der Waals surface area contributed by atoms with Gasteiger partial charge in [0.05, 0.1) is 23.1 Å². The fraction of sp³-hybridized carbons (Fsp3) is 0.0476. The Morgan fingerprint density at radius 2 is 1.87 bits per heavy atom. The number of benzene rings is 2. The summed E-state index contributed by atoms with van der Waals surface area (Å²) in [5.41, 5.74) is 0.618. The van der Waals surface area contributed by atoms with Gasteiger partial charge in [-0.25, -0.2) is 9.37 Å². The molecular weight excluding hydrogens is 466 g/mol. The van der Waals surface area contributed by atoms with Crippen molar-refractivity contribution in [2.75, 3.05) is 0 Å². The SMILES string of the molecule is N#Cc1cc(Cl)cc(Oc2c(Cl)ccc(CC(=N)OC(=N)c3ccnc(Cl)c3)c2F)c1. The molecule has 2 N–H and O–H groups in total. The van der Waals surface area contributed by atoms with E-state index in [4.69, 9.17) is 60.4 Å². The topological polar surface area (TPSA) is 103 Å². The van der Waals surface area contributed by atoms with E-state index in [2.05, 4.69) is 4.98 Å². The molecule has 3 aromatic rings. The molecule has 0 bridgehead atoms. The number of nitriles is 1. The van der Waals surface area contributed by atoms with Crippen molar-refractivity contribution in [1.29, 1.82) is 16.1 Å². The van der Waals surface area contributed by atoms with Crippen molar-refractivity contribution < 1.29 is 13.9 Å². The molecule has 0 fully saturated rings. The summed E-state index contributed by atoms with van der Waals surface area (Å²) in [5.74, 6) is -1.67. The van der Waals surface area contributed by atoms with Crippen molar-refractivity contribution in [1.82, 2.24) is 4.98 Å². The van der Waals surface area contributed by atoms with Crippen LogP contribution in [0.4, 0.5) is 4.39 Å². The number of aromatic nitrogens is 1. The third kappa shape index (κ3) is 5.70. The number of nitrogens with zero attached hydrogens (tertiary/aromatic N) is 2. The summed E-state index contributed by atoms with van der Waals surface area (Å²) < 4.78 is 25.7. The zero-order valence-corrected chi connectivity index (χ0v) is 17.8. The van der Waals surface area contributed by atoms with Crippen LogP contribution in [0.2, 0.25) is 15.2 Å². The lowest BCUT2D eigenvalue weighted by molar-refractivity contribution is 0.438. The van der Waals surface area contributed by atoms with Gasteiger partial charge in [0.1, 0.15) is 10.9 Å². The molecule has 0 saturated carbocycles. The zero-order valence-electron chi connectivity index (χ0n) is 15.5. The maximum atomic E-state index is 15.0. The second kappa shape index (κ2) is 9.75. The molecule has 2 aromatic carbocycles. The molecule has 0 aliphatic carbocycles. The Morgan fingerprint density at radius 1 is 1.10 bits per heavy atom. The molecule has 6 nitrogen and oxygen atoms in total. The van der Waals surface area contributed by atoms with E-state index < -0.39 is 5.82 Å². The molecule has 0 spiro atoms. The third-order valence-corrected chi connectivity index (χ3v) is 4.64. The second-order valence-corrected chi connectivity index (χ2v) is 7.37. The molecule has 10 heteroatoms. The average molecular weight is 478 g/mol. The van der Waals surface area contributed by atoms with Crippen LogP contribution in [0, 0.1) is 28.0 Å². The molecule has 0 saturated heterocycles. The highest BCUT2D eigenvalue weighted by atomic mass is 35.5. The van der Waals surface area contributed by atoms with E-state index in [0.29, 0.717) is 5.56 Å². The van der Waals surface area contributed by atoms with Crippen LogP contribution in [0.3, 0.4) is 0 Å². The standard InChI is InChI=1S/C21H12Cl3FN4O2/c22-14-5-11(10-26)6-15(9-14)30-20-16(23)2-1-12(19(20)25)8-18(27)31-21(28)13-3-4-29-17(24)7-13/h1-7,9,27-28H,8H2. The van der Waals surface area contributed by atoms with Crippen LogP contribution in [0.5, 0.6) is 11.5 Å². The fourth-order valence-corrected chi connectivity index (χ4v) is 3.13. The number of rotatable bonds is 5. The summed E-state index contributed by atoms with van der Waals surface area (Å²) in [6.07, 6.45) is 1.13. The minimum atomic E-state index is -0.808. The lowest BCUT2D eigenvalue weighted by atomic mass is 10.1. The molecule has 0 atom stereocenters. The molecule has 0 aliphatic rings. The summed E-state index contributed by atoms with van der Waals surface area (Å²) in [7, 11) is 0. The van der Waals surface area contributed by atoms with Crippen LogP contribution in [-0.4, -0.2) is 16.8 Å². The van der Waals surface area contributed by atoms with E-state index >= 15 is 4.39 Å². The molecule has 0 aliphatic heterocycles. The molecule has 3 rings (SSSR count). The van der Waals surface area contributed by atoms with Crippen molar-refractivity contribution in [2.45, 2.75) is 6.42 Å². The Morgan fingerprint density at radius 3 is 2.58 bits per heavy atom. The second-order valence-electron chi connectivity index (χ2n) is 6.14. The van der Waals surface area contributed by atoms with Crippen molar-refractivity contribution >= 4 is 46.6 Å². The van der Waals surface area contributed by atoms with Gasteiger partial charge in [0, 0.05) is 22.3 Å². The van der Waals surface area contributed by atoms with Gasteiger partial charge in [0.25, 0.3) is 0 Å². The van der Waals surface area contributed by atoms with E-state index in [9.17, 15) is 0 Å². The van der Waals surface area contributed by atoms with Gasteiger partial charge in [-0.2, -0.15) is 5.26 Å². The first-order chi connectivity index (χ1) is 14.8. The lowest BCUT2D eigenvalue weighted by Gasteiger charge is -2.13. The first-order valence-electron chi connectivity index (χ1n) is 8.58. The molecular formula is C21H12Cl3FN4O2. The Kier molecular flexibility index (Phi) is 7.08. The maximum Gasteiger partial charge on any atom is 0.221 e. The molecule has 0 radical (unpaired) electrons. The normalized spacial score (nSPS) is 10.3. The van der Waals surface area contributed by atoms with Gasteiger partial charge in [-0.05, 0) is 36.4 Å². The van der Waals surface area contributed by atoms with Crippen LogP contribution >= 0.6 is 34.8 Å². The highest BCUT2D eigenvalue weighted by Crippen LogP contribution is 2.35. The van der Waals surface area contributed by atoms with Crippen LogP contribution in [-0.2, 0) is 11.2 Å². The van der Waals surface area contributed by atoms with Gasteiger partial charge in [-0.15, -0.1) is 0 Å². The minimum Gasteiger partial charge on any atom is -0.453 e. The number of hydrogen-bond donors (Lipinski definition) is 2. The van der Waals surface area contributed by atoms with Gasteiger partial charge in [0.15, 0.2) is 17.5 Å². The Bertz CT molecular complexity index is 1230. The highest BCUT2D eigenvalue weighted by Gasteiger charge is 2.18. The van der Waals surface area contributed by atoms with Crippen molar-refractivity contribution in [3.05, 3.63) is 86.4 Å². The number of hydrogen-bond acceptors (Lipinski definition) is 6. The smallest absolute Gasteiger partial charge is 0.221 e. The highest BCUT2D eigenvalue weighted by molar-refractivity contribution is 6.32. The summed E-state index contributed by atoms with van der Waals surface area (Å²) in [6.45, 7) is 0. The Hall–Kier alpha value is -3.18. The number of pyridine rings is 1. The van der Waals surface area contributed by atoms with E-state index in [1.807, 2.05) is 6.07 Å². The van der Waals surface area contributed by atoms with Gasteiger partial charge in [0.2, 0.25) is 5.90 Å².